The smallest absolute Gasteiger partial charge is 0.148 e. The molecule has 1 aromatic carbocycles. The lowest BCUT2D eigenvalue weighted by atomic mass is 9.95. The summed E-state index contributed by atoms with van der Waals surface area (Å²) in [4.78, 5) is 11.2. The van der Waals surface area contributed by atoms with E-state index in [2.05, 4.69) is 11.9 Å². The predicted octanol–water partition coefficient (Wildman–Crippen LogP) is 2.46. The standard InChI is InChI=1S/C13H14FNO/c1-8(2)11-4-3-9(14)5-12(11)13-6-10(16)7-15-13/h3-5,13,15H,1,6-7H2,2H3. The van der Waals surface area contributed by atoms with Gasteiger partial charge in [-0.3, -0.25) is 4.79 Å². The van der Waals surface area contributed by atoms with Crippen LogP contribution in [0.2, 0.25) is 0 Å². The van der Waals surface area contributed by atoms with Gasteiger partial charge in [0.2, 0.25) is 0 Å². The van der Waals surface area contributed by atoms with Gasteiger partial charge in [0.25, 0.3) is 0 Å². The second-order valence-corrected chi connectivity index (χ2v) is 4.19. The largest absolute Gasteiger partial charge is 0.303 e. The topological polar surface area (TPSA) is 29.1 Å². The number of carbonyl (C=O) groups excluding carboxylic acids is 1. The third-order valence-electron chi connectivity index (χ3n) is 2.83. The van der Waals surface area contributed by atoms with Crippen LogP contribution < -0.4 is 5.32 Å². The monoisotopic (exact) mass is 219 g/mol. The van der Waals surface area contributed by atoms with Gasteiger partial charge in [0.15, 0.2) is 0 Å². The molecule has 1 unspecified atom stereocenters. The van der Waals surface area contributed by atoms with Crippen LogP contribution in [0.5, 0.6) is 0 Å². The molecule has 1 saturated heterocycles. The highest BCUT2D eigenvalue weighted by Gasteiger charge is 2.25. The molecule has 16 heavy (non-hydrogen) atoms. The predicted molar refractivity (Wildman–Crippen MR) is 61.5 cm³/mol. The van der Waals surface area contributed by atoms with Crippen LogP contribution in [0.3, 0.4) is 0 Å². The van der Waals surface area contributed by atoms with E-state index in [1.807, 2.05) is 6.92 Å². The lowest BCUT2D eigenvalue weighted by molar-refractivity contribution is -0.116. The van der Waals surface area contributed by atoms with Gasteiger partial charge in [-0.25, -0.2) is 4.39 Å². The first-order valence-electron chi connectivity index (χ1n) is 5.28. The van der Waals surface area contributed by atoms with Crippen molar-refractivity contribution in [3.05, 3.63) is 41.7 Å². The normalized spacial score (nSPS) is 20.1. The summed E-state index contributed by atoms with van der Waals surface area (Å²) >= 11 is 0. The van der Waals surface area contributed by atoms with Crippen molar-refractivity contribution in [3.8, 4) is 0 Å². The van der Waals surface area contributed by atoms with Crippen LogP contribution >= 0.6 is 0 Å². The van der Waals surface area contributed by atoms with E-state index in [1.165, 1.54) is 12.1 Å². The first-order chi connectivity index (χ1) is 7.58. The third kappa shape index (κ3) is 2.04. The molecule has 0 aromatic heterocycles. The summed E-state index contributed by atoms with van der Waals surface area (Å²) in [7, 11) is 0. The van der Waals surface area contributed by atoms with E-state index in [-0.39, 0.29) is 17.6 Å². The van der Waals surface area contributed by atoms with Crippen LogP contribution in [0.4, 0.5) is 4.39 Å². The summed E-state index contributed by atoms with van der Waals surface area (Å²) in [5.41, 5.74) is 2.64. The lowest BCUT2D eigenvalue weighted by Crippen LogP contribution is -2.15. The number of Topliss-reactive ketones (excluding diaryl/α,β-unsaturated/α-hetero) is 1. The minimum atomic E-state index is -0.277. The summed E-state index contributed by atoms with van der Waals surface area (Å²) in [6.07, 6.45) is 0.434. The average Bonchev–Trinajstić information content (AvgIpc) is 2.64. The molecule has 0 bridgehead atoms. The molecule has 1 atom stereocenters. The number of hydrogen-bond acceptors (Lipinski definition) is 2. The molecule has 0 spiro atoms. The Balaban J connectivity index is 2.41. The molecule has 0 aliphatic carbocycles. The molecule has 84 valence electrons. The molecule has 1 heterocycles. The molecular weight excluding hydrogens is 205 g/mol. The highest BCUT2D eigenvalue weighted by Crippen LogP contribution is 2.28. The number of halogens is 1. The van der Waals surface area contributed by atoms with Gasteiger partial charge in [-0.1, -0.05) is 18.2 Å². The number of allylic oxidation sites excluding steroid dienone is 1. The minimum absolute atomic E-state index is 0.0742. The number of carbonyl (C=O) groups is 1. The lowest BCUT2D eigenvalue weighted by Gasteiger charge is -2.15. The number of hydrogen-bond donors (Lipinski definition) is 1. The van der Waals surface area contributed by atoms with E-state index in [9.17, 15) is 9.18 Å². The van der Waals surface area contributed by atoms with Crippen molar-refractivity contribution in [2.75, 3.05) is 6.54 Å². The molecule has 2 rings (SSSR count). The van der Waals surface area contributed by atoms with Gasteiger partial charge in [-0.15, -0.1) is 0 Å². The van der Waals surface area contributed by atoms with Crippen molar-refractivity contribution >= 4 is 11.4 Å². The van der Waals surface area contributed by atoms with Crippen LogP contribution in [0.25, 0.3) is 5.57 Å². The Morgan fingerprint density at radius 1 is 1.56 bits per heavy atom. The Hall–Kier alpha value is -1.48. The molecule has 0 radical (unpaired) electrons. The Kier molecular flexibility index (Phi) is 2.88. The Morgan fingerprint density at radius 3 is 2.88 bits per heavy atom. The fourth-order valence-electron chi connectivity index (χ4n) is 2.04. The highest BCUT2D eigenvalue weighted by atomic mass is 19.1. The maximum absolute atomic E-state index is 13.2. The van der Waals surface area contributed by atoms with Gasteiger partial charge in [-0.2, -0.15) is 0 Å². The Labute approximate surface area is 94.2 Å². The molecule has 0 amide bonds. The van der Waals surface area contributed by atoms with E-state index in [1.54, 1.807) is 6.07 Å². The van der Waals surface area contributed by atoms with Crippen LogP contribution in [0, 0.1) is 5.82 Å². The van der Waals surface area contributed by atoms with E-state index in [0.29, 0.717) is 13.0 Å². The number of ketones is 1. The van der Waals surface area contributed by atoms with Crippen molar-refractivity contribution in [2.24, 2.45) is 0 Å². The molecule has 2 nitrogen and oxygen atoms in total. The highest BCUT2D eigenvalue weighted by molar-refractivity contribution is 5.84. The Morgan fingerprint density at radius 2 is 2.31 bits per heavy atom. The first kappa shape index (κ1) is 11.0. The van der Waals surface area contributed by atoms with E-state index in [4.69, 9.17) is 0 Å². The fraction of sp³-hybridized carbons (Fsp3) is 0.308. The zero-order valence-corrected chi connectivity index (χ0v) is 9.22. The second-order valence-electron chi connectivity index (χ2n) is 4.19. The SMILES string of the molecule is C=C(C)c1ccc(F)cc1C1CC(=O)CN1. The summed E-state index contributed by atoms with van der Waals surface area (Å²) in [6.45, 7) is 6.13. The van der Waals surface area contributed by atoms with E-state index in [0.717, 1.165) is 16.7 Å². The maximum atomic E-state index is 13.2. The van der Waals surface area contributed by atoms with Gasteiger partial charge in [0.1, 0.15) is 11.6 Å². The molecule has 1 fully saturated rings. The van der Waals surface area contributed by atoms with Gasteiger partial charge in [0, 0.05) is 12.5 Å². The van der Waals surface area contributed by atoms with Crippen LogP contribution in [0.1, 0.15) is 30.5 Å². The molecule has 1 aromatic rings. The minimum Gasteiger partial charge on any atom is -0.303 e. The molecule has 3 heteroatoms. The number of nitrogens with one attached hydrogen (secondary N) is 1. The summed E-state index contributed by atoms with van der Waals surface area (Å²) in [6, 6.07) is 4.55. The summed E-state index contributed by atoms with van der Waals surface area (Å²) in [5.74, 6) is -0.108. The average molecular weight is 219 g/mol. The van der Waals surface area contributed by atoms with Crippen molar-refractivity contribution in [1.29, 1.82) is 0 Å². The molecular formula is C13H14FNO. The van der Waals surface area contributed by atoms with Gasteiger partial charge in [0.05, 0.1) is 6.54 Å². The first-order valence-corrected chi connectivity index (χ1v) is 5.28. The van der Waals surface area contributed by atoms with Crippen molar-refractivity contribution in [3.63, 3.8) is 0 Å². The maximum Gasteiger partial charge on any atom is 0.148 e. The van der Waals surface area contributed by atoms with Crippen molar-refractivity contribution in [2.45, 2.75) is 19.4 Å². The zero-order chi connectivity index (χ0) is 11.7. The third-order valence-corrected chi connectivity index (χ3v) is 2.83. The molecule has 1 aliphatic rings. The van der Waals surface area contributed by atoms with Crippen LogP contribution in [-0.2, 0) is 4.79 Å². The van der Waals surface area contributed by atoms with Crippen molar-refractivity contribution in [1.82, 2.24) is 5.32 Å². The van der Waals surface area contributed by atoms with E-state index < -0.39 is 0 Å². The quantitative estimate of drug-likeness (QED) is 0.827. The van der Waals surface area contributed by atoms with Crippen molar-refractivity contribution < 1.29 is 9.18 Å². The van der Waals surface area contributed by atoms with Gasteiger partial charge >= 0.3 is 0 Å². The van der Waals surface area contributed by atoms with Gasteiger partial charge in [-0.05, 0) is 30.2 Å². The summed E-state index contributed by atoms with van der Waals surface area (Å²) < 4.78 is 13.2. The molecule has 1 N–H and O–H groups in total. The molecule has 0 saturated carbocycles. The number of rotatable bonds is 2. The van der Waals surface area contributed by atoms with E-state index >= 15 is 0 Å². The second kappa shape index (κ2) is 4.18. The molecule has 1 aliphatic heterocycles. The number of benzene rings is 1. The fourth-order valence-corrected chi connectivity index (χ4v) is 2.04. The zero-order valence-electron chi connectivity index (χ0n) is 9.22. The summed E-state index contributed by atoms with van der Waals surface area (Å²) in [5, 5.41) is 3.09. The Bertz CT molecular complexity index is 453. The van der Waals surface area contributed by atoms with Gasteiger partial charge < -0.3 is 5.32 Å². The van der Waals surface area contributed by atoms with Crippen LogP contribution in [-0.4, -0.2) is 12.3 Å². The van der Waals surface area contributed by atoms with Crippen LogP contribution in [0.15, 0.2) is 24.8 Å².